The van der Waals surface area contributed by atoms with Crippen LogP contribution in [0.1, 0.15) is 54.4 Å². The Kier molecular flexibility index (Phi) is 5.04. The van der Waals surface area contributed by atoms with Crippen LogP contribution in [0.2, 0.25) is 0 Å². The Labute approximate surface area is 161 Å². The molecule has 1 amide bonds. The molecule has 0 bridgehead atoms. The van der Waals surface area contributed by atoms with Crippen molar-refractivity contribution in [1.82, 2.24) is 19.8 Å². The summed E-state index contributed by atoms with van der Waals surface area (Å²) in [4.78, 5) is 20.0. The number of carbonyl (C=O) groups is 1. The third kappa shape index (κ3) is 3.65. The predicted octanol–water partition coefficient (Wildman–Crippen LogP) is 3.16. The molecule has 0 radical (unpaired) electrons. The van der Waals surface area contributed by atoms with Gasteiger partial charge in [0.05, 0.1) is 6.54 Å². The van der Waals surface area contributed by atoms with Gasteiger partial charge < -0.3 is 14.8 Å². The smallest absolute Gasteiger partial charge is 0.254 e. The molecule has 144 valence electrons. The Bertz CT molecular complexity index is 789. The largest absolute Gasteiger partial charge is 0.337 e. The maximum absolute atomic E-state index is 13.4. The lowest BCUT2D eigenvalue weighted by atomic mass is 9.93. The van der Waals surface area contributed by atoms with Crippen LogP contribution in [-0.4, -0.2) is 39.5 Å². The van der Waals surface area contributed by atoms with Crippen molar-refractivity contribution in [2.24, 2.45) is 12.5 Å². The molecule has 2 aromatic rings. The van der Waals surface area contributed by atoms with E-state index in [2.05, 4.69) is 34.3 Å². The molecule has 1 N–H and O–H groups in total. The number of amides is 1. The molecule has 5 heteroatoms. The standard InChI is InChI=1S/C22H30N4O/c1-3-4-17-5-7-18(8-6-17)21(27)26(16-20-24-13-14-25(20)2)19-15-22(19)9-11-23-12-10-22/h5-8,13-14,19,23H,3-4,9-12,15-16H2,1-2H3/t19-/m1/s1. The second-order valence-electron chi connectivity index (χ2n) is 8.17. The summed E-state index contributed by atoms with van der Waals surface area (Å²) >= 11 is 0. The van der Waals surface area contributed by atoms with Crippen molar-refractivity contribution >= 4 is 5.91 Å². The first-order chi connectivity index (χ1) is 13.1. The number of aromatic nitrogens is 2. The average molecular weight is 367 g/mol. The van der Waals surface area contributed by atoms with Gasteiger partial charge in [-0.05, 0) is 61.9 Å². The van der Waals surface area contributed by atoms with Crippen LogP contribution in [0.4, 0.5) is 0 Å². The number of imidazole rings is 1. The number of piperidine rings is 1. The van der Waals surface area contributed by atoms with Crippen molar-refractivity contribution in [3.63, 3.8) is 0 Å². The lowest BCUT2D eigenvalue weighted by molar-refractivity contribution is 0.0685. The van der Waals surface area contributed by atoms with Crippen molar-refractivity contribution in [2.75, 3.05) is 13.1 Å². The van der Waals surface area contributed by atoms with Crippen molar-refractivity contribution in [2.45, 2.75) is 51.6 Å². The van der Waals surface area contributed by atoms with Crippen LogP contribution in [0.3, 0.4) is 0 Å². The Balaban J connectivity index is 1.57. The highest BCUT2D eigenvalue weighted by Crippen LogP contribution is 2.56. The van der Waals surface area contributed by atoms with E-state index in [-0.39, 0.29) is 5.91 Å². The average Bonchev–Trinajstić information content (AvgIpc) is 3.20. The van der Waals surface area contributed by atoms with Crippen molar-refractivity contribution in [3.05, 3.63) is 53.6 Å². The number of rotatable bonds is 6. The van der Waals surface area contributed by atoms with Crippen LogP contribution < -0.4 is 5.32 Å². The summed E-state index contributed by atoms with van der Waals surface area (Å²) in [6, 6.07) is 8.53. The van der Waals surface area contributed by atoms with Gasteiger partial charge in [0.2, 0.25) is 0 Å². The first-order valence-corrected chi connectivity index (χ1v) is 10.2. The molecule has 1 saturated heterocycles. The molecule has 1 spiro atoms. The molecule has 2 heterocycles. The first-order valence-electron chi connectivity index (χ1n) is 10.2. The number of hydrogen-bond acceptors (Lipinski definition) is 3. The molecule has 1 aromatic heterocycles. The molecule has 1 atom stereocenters. The van der Waals surface area contributed by atoms with Gasteiger partial charge in [-0.25, -0.2) is 4.98 Å². The van der Waals surface area contributed by atoms with Crippen LogP contribution in [0.25, 0.3) is 0 Å². The minimum absolute atomic E-state index is 0.140. The van der Waals surface area contributed by atoms with Gasteiger partial charge in [0.1, 0.15) is 5.82 Å². The fraction of sp³-hybridized carbons (Fsp3) is 0.545. The molecular formula is C22H30N4O. The SMILES string of the molecule is CCCc1ccc(C(=O)N(Cc2nccn2C)[C@@H]2CC23CCNCC3)cc1. The number of hydrogen-bond donors (Lipinski definition) is 1. The Morgan fingerprint density at radius 2 is 2.04 bits per heavy atom. The minimum Gasteiger partial charge on any atom is -0.337 e. The third-order valence-corrected chi connectivity index (χ3v) is 6.36. The zero-order valence-corrected chi connectivity index (χ0v) is 16.4. The van der Waals surface area contributed by atoms with Gasteiger partial charge in [0.25, 0.3) is 5.91 Å². The van der Waals surface area contributed by atoms with E-state index in [9.17, 15) is 4.79 Å². The summed E-state index contributed by atoms with van der Waals surface area (Å²) in [5.41, 5.74) is 2.40. The number of aryl methyl sites for hydroxylation is 2. The molecule has 2 fully saturated rings. The molecule has 1 saturated carbocycles. The van der Waals surface area contributed by atoms with Crippen LogP contribution in [0.15, 0.2) is 36.7 Å². The number of benzene rings is 1. The van der Waals surface area contributed by atoms with Crippen LogP contribution in [-0.2, 0) is 20.0 Å². The van der Waals surface area contributed by atoms with Gasteiger partial charge in [0.15, 0.2) is 0 Å². The highest BCUT2D eigenvalue weighted by atomic mass is 16.2. The molecule has 0 unspecified atom stereocenters. The van der Waals surface area contributed by atoms with E-state index in [0.717, 1.165) is 56.6 Å². The maximum Gasteiger partial charge on any atom is 0.254 e. The lowest BCUT2D eigenvalue weighted by Gasteiger charge is -2.29. The van der Waals surface area contributed by atoms with Gasteiger partial charge in [-0.15, -0.1) is 0 Å². The van der Waals surface area contributed by atoms with E-state index < -0.39 is 0 Å². The molecule has 1 aliphatic heterocycles. The van der Waals surface area contributed by atoms with Crippen LogP contribution in [0.5, 0.6) is 0 Å². The monoisotopic (exact) mass is 366 g/mol. The fourth-order valence-electron chi connectivity index (χ4n) is 4.52. The van der Waals surface area contributed by atoms with E-state index in [1.54, 1.807) is 0 Å². The molecular weight excluding hydrogens is 336 g/mol. The second kappa shape index (κ2) is 7.47. The summed E-state index contributed by atoms with van der Waals surface area (Å²) in [6.45, 7) is 4.89. The predicted molar refractivity (Wildman–Crippen MR) is 106 cm³/mol. The summed E-state index contributed by atoms with van der Waals surface area (Å²) in [7, 11) is 2.00. The van der Waals surface area contributed by atoms with Gasteiger partial charge in [-0.2, -0.15) is 0 Å². The highest BCUT2D eigenvalue weighted by molar-refractivity contribution is 5.94. The summed E-state index contributed by atoms with van der Waals surface area (Å²) in [5, 5.41) is 3.45. The van der Waals surface area contributed by atoms with Gasteiger partial charge >= 0.3 is 0 Å². The first kappa shape index (κ1) is 18.2. The minimum atomic E-state index is 0.140. The Morgan fingerprint density at radius 1 is 1.30 bits per heavy atom. The van der Waals surface area contributed by atoms with Gasteiger partial charge in [-0.3, -0.25) is 4.79 Å². The van der Waals surface area contributed by atoms with E-state index in [4.69, 9.17) is 0 Å². The van der Waals surface area contributed by atoms with Crippen molar-refractivity contribution < 1.29 is 4.79 Å². The Hall–Kier alpha value is -2.14. The van der Waals surface area contributed by atoms with Crippen molar-refractivity contribution in [1.29, 1.82) is 0 Å². The molecule has 1 aromatic carbocycles. The lowest BCUT2D eigenvalue weighted by Crippen LogP contribution is -2.39. The molecule has 1 aliphatic carbocycles. The van der Waals surface area contributed by atoms with Crippen LogP contribution >= 0.6 is 0 Å². The number of nitrogens with zero attached hydrogens (tertiary/aromatic N) is 3. The topological polar surface area (TPSA) is 50.2 Å². The number of nitrogens with one attached hydrogen (secondary N) is 1. The van der Waals surface area contributed by atoms with Crippen LogP contribution in [0, 0.1) is 5.41 Å². The van der Waals surface area contributed by atoms with E-state index in [0.29, 0.717) is 18.0 Å². The summed E-state index contributed by atoms with van der Waals surface area (Å²) in [6.07, 6.45) is 9.39. The van der Waals surface area contributed by atoms with Crippen molar-refractivity contribution in [3.8, 4) is 0 Å². The zero-order valence-electron chi connectivity index (χ0n) is 16.4. The molecule has 4 rings (SSSR count). The Morgan fingerprint density at radius 3 is 2.67 bits per heavy atom. The quantitative estimate of drug-likeness (QED) is 0.854. The second-order valence-corrected chi connectivity index (χ2v) is 8.17. The van der Waals surface area contributed by atoms with Gasteiger partial charge in [-0.1, -0.05) is 25.5 Å². The molecule has 2 aliphatic rings. The van der Waals surface area contributed by atoms with E-state index in [1.165, 1.54) is 5.56 Å². The summed E-state index contributed by atoms with van der Waals surface area (Å²) < 4.78 is 2.02. The molecule has 27 heavy (non-hydrogen) atoms. The third-order valence-electron chi connectivity index (χ3n) is 6.36. The fourth-order valence-corrected chi connectivity index (χ4v) is 4.52. The summed E-state index contributed by atoms with van der Waals surface area (Å²) in [5.74, 6) is 1.09. The van der Waals surface area contributed by atoms with Gasteiger partial charge in [0, 0.05) is 31.0 Å². The van der Waals surface area contributed by atoms with E-state index >= 15 is 0 Å². The highest BCUT2D eigenvalue weighted by Gasteiger charge is 2.57. The molecule has 5 nitrogen and oxygen atoms in total. The van der Waals surface area contributed by atoms with E-state index in [1.807, 2.05) is 36.1 Å². The maximum atomic E-state index is 13.4. The normalized spacial score (nSPS) is 20.6. The zero-order chi connectivity index (χ0) is 18.9. The number of carbonyl (C=O) groups excluding carboxylic acids is 1.